The lowest BCUT2D eigenvalue weighted by Crippen LogP contribution is -2.47. The fourth-order valence-corrected chi connectivity index (χ4v) is 2.39. The zero-order valence-corrected chi connectivity index (χ0v) is 12.5. The number of aryl methyl sites for hydroxylation is 1. The zero-order chi connectivity index (χ0) is 14.5. The minimum absolute atomic E-state index is 0.158. The normalized spacial score (nSPS) is 16.2. The molecule has 0 unspecified atom stereocenters. The van der Waals surface area contributed by atoms with Crippen LogP contribution >= 0.6 is 0 Å². The summed E-state index contributed by atoms with van der Waals surface area (Å²) in [5.74, 6) is 1.89. The Morgan fingerprint density at radius 3 is 2.60 bits per heavy atom. The Morgan fingerprint density at radius 2 is 2.00 bits per heavy atom. The van der Waals surface area contributed by atoms with Crippen molar-refractivity contribution < 1.29 is 4.79 Å². The van der Waals surface area contributed by atoms with E-state index < -0.39 is 0 Å². The van der Waals surface area contributed by atoms with E-state index in [4.69, 9.17) is 0 Å². The third kappa shape index (κ3) is 3.90. The Balaban J connectivity index is 1.95. The number of anilines is 1. The molecule has 1 aromatic rings. The Morgan fingerprint density at radius 1 is 1.30 bits per heavy atom. The molecule has 1 saturated heterocycles. The molecule has 6 nitrogen and oxygen atoms in total. The van der Waals surface area contributed by atoms with Crippen LogP contribution in [0, 0.1) is 6.92 Å². The van der Waals surface area contributed by atoms with Crippen LogP contribution in [-0.4, -0.2) is 58.4 Å². The molecular formula is C14H23N5O. The SMILES string of the molecule is CCNc1cc(C)nc(CN2CCN(C(C)=O)CC2)n1. The maximum atomic E-state index is 11.3. The van der Waals surface area contributed by atoms with Crippen molar-refractivity contribution in [2.24, 2.45) is 0 Å². The summed E-state index contributed by atoms with van der Waals surface area (Å²) in [6, 6.07) is 1.96. The van der Waals surface area contributed by atoms with E-state index in [9.17, 15) is 4.79 Å². The average molecular weight is 277 g/mol. The van der Waals surface area contributed by atoms with Gasteiger partial charge in [0.25, 0.3) is 0 Å². The second-order valence-corrected chi connectivity index (χ2v) is 5.12. The van der Waals surface area contributed by atoms with E-state index in [0.717, 1.165) is 56.6 Å². The molecule has 2 heterocycles. The fourth-order valence-electron chi connectivity index (χ4n) is 2.39. The Labute approximate surface area is 120 Å². The molecule has 1 aromatic heterocycles. The van der Waals surface area contributed by atoms with Gasteiger partial charge in [0.15, 0.2) is 0 Å². The monoisotopic (exact) mass is 277 g/mol. The molecule has 0 bridgehead atoms. The summed E-state index contributed by atoms with van der Waals surface area (Å²) in [4.78, 5) is 24.5. The molecule has 0 saturated carbocycles. The van der Waals surface area contributed by atoms with Gasteiger partial charge in [-0.1, -0.05) is 0 Å². The predicted molar refractivity (Wildman–Crippen MR) is 78.5 cm³/mol. The fraction of sp³-hybridized carbons (Fsp3) is 0.643. The van der Waals surface area contributed by atoms with E-state index in [-0.39, 0.29) is 5.91 Å². The Hall–Kier alpha value is -1.69. The van der Waals surface area contributed by atoms with Gasteiger partial charge >= 0.3 is 0 Å². The van der Waals surface area contributed by atoms with Gasteiger partial charge in [-0.2, -0.15) is 0 Å². The highest BCUT2D eigenvalue weighted by Crippen LogP contribution is 2.10. The number of nitrogens with zero attached hydrogens (tertiary/aromatic N) is 4. The van der Waals surface area contributed by atoms with Crippen LogP contribution in [-0.2, 0) is 11.3 Å². The van der Waals surface area contributed by atoms with Crippen molar-refractivity contribution in [3.05, 3.63) is 17.6 Å². The predicted octanol–water partition coefficient (Wildman–Crippen LogP) is 0.881. The summed E-state index contributed by atoms with van der Waals surface area (Å²) >= 11 is 0. The summed E-state index contributed by atoms with van der Waals surface area (Å²) in [7, 11) is 0. The molecule has 0 spiro atoms. The number of carbonyl (C=O) groups excluding carboxylic acids is 1. The molecule has 0 aliphatic carbocycles. The number of hydrogen-bond donors (Lipinski definition) is 1. The summed E-state index contributed by atoms with van der Waals surface area (Å²) in [6.07, 6.45) is 0. The highest BCUT2D eigenvalue weighted by Gasteiger charge is 2.19. The van der Waals surface area contributed by atoms with Gasteiger partial charge in [0.2, 0.25) is 5.91 Å². The highest BCUT2D eigenvalue weighted by atomic mass is 16.2. The van der Waals surface area contributed by atoms with E-state index in [1.165, 1.54) is 0 Å². The standard InChI is InChI=1S/C14H23N5O/c1-4-15-13-9-11(2)16-14(17-13)10-18-5-7-19(8-6-18)12(3)20/h9H,4-8,10H2,1-3H3,(H,15,16,17). The highest BCUT2D eigenvalue weighted by molar-refractivity contribution is 5.73. The van der Waals surface area contributed by atoms with E-state index >= 15 is 0 Å². The summed E-state index contributed by atoms with van der Waals surface area (Å²) in [6.45, 7) is 10.6. The van der Waals surface area contributed by atoms with Gasteiger partial charge in [-0.15, -0.1) is 0 Å². The van der Waals surface area contributed by atoms with Crippen molar-refractivity contribution in [1.82, 2.24) is 19.8 Å². The molecule has 20 heavy (non-hydrogen) atoms. The number of aromatic nitrogens is 2. The number of hydrogen-bond acceptors (Lipinski definition) is 5. The molecule has 110 valence electrons. The van der Waals surface area contributed by atoms with Crippen LogP contribution < -0.4 is 5.32 Å². The van der Waals surface area contributed by atoms with Crippen molar-refractivity contribution in [2.45, 2.75) is 27.3 Å². The lowest BCUT2D eigenvalue weighted by atomic mass is 10.3. The van der Waals surface area contributed by atoms with Gasteiger partial charge in [0, 0.05) is 51.4 Å². The lowest BCUT2D eigenvalue weighted by molar-refractivity contribution is -0.130. The molecule has 1 aliphatic heterocycles. The topological polar surface area (TPSA) is 61.4 Å². The molecule has 1 amide bonds. The van der Waals surface area contributed by atoms with Gasteiger partial charge in [-0.3, -0.25) is 9.69 Å². The van der Waals surface area contributed by atoms with Crippen LogP contribution in [0.5, 0.6) is 0 Å². The molecule has 1 N–H and O–H groups in total. The van der Waals surface area contributed by atoms with E-state index in [1.54, 1.807) is 6.92 Å². The van der Waals surface area contributed by atoms with Crippen LogP contribution in [0.1, 0.15) is 25.4 Å². The Bertz CT molecular complexity index is 469. The van der Waals surface area contributed by atoms with Crippen molar-refractivity contribution in [2.75, 3.05) is 38.0 Å². The van der Waals surface area contributed by atoms with Crippen molar-refractivity contribution in [3.63, 3.8) is 0 Å². The summed E-state index contributed by atoms with van der Waals surface area (Å²) in [5.41, 5.74) is 0.980. The van der Waals surface area contributed by atoms with Crippen molar-refractivity contribution in [1.29, 1.82) is 0 Å². The minimum atomic E-state index is 0.158. The van der Waals surface area contributed by atoms with E-state index in [1.807, 2.05) is 17.9 Å². The Kier molecular flexibility index (Phi) is 4.89. The van der Waals surface area contributed by atoms with E-state index in [2.05, 4.69) is 27.1 Å². The summed E-state index contributed by atoms with van der Waals surface area (Å²) in [5, 5.41) is 3.23. The van der Waals surface area contributed by atoms with Crippen LogP contribution in [0.2, 0.25) is 0 Å². The third-order valence-electron chi connectivity index (χ3n) is 3.44. The summed E-state index contributed by atoms with van der Waals surface area (Å²) < 4.78 is 0. The maximum absolute atomic E-state index is 11.3. The molecular weight excluding hydrogens is 254 g/mol. The number of nitrogens with one attached hydrogen (secondary N) is 1. The first-order chi connectivity index (χ1) is 9.58. The van der Waals surface area contributed by atoms with Gasteiger partial charge < -0.3 is 10.2 Å². The minimum Gasteiger partial charge on any atom is -0.370 e. The third-order valence-corrected chi connectivity index (χ3v) is 3.44. The number of piperazine rings is 1. The smallest absolute Gasteiger partial charge is 0.219 e. The first-order valence-electron chi connectivity index (χ1n) is 7.14. The number of amides is 1. The average Bonchev–Trinajstić information content (AvgIpc) is 2.39. The van der Waals surface area contributed by atoms with Gasteiger partial charge in [-0.25, -0.2) is 9.97 Å². The molecule has 1 aliphatic rings. The largest absolute Gasteiger partial charge is 0.370 e. The second-order valence-electron chi connectivity index (χ2n) is 5.12. The number of carbonyl (C=O) groups is 1. The van der Waals surface area contributed by atoms with Crippen molar-refractivity contribution >= 4 is 11.7 Å². The molecule has 0 aromatic carbocycles. The quantitative estimate of drug-likeness (QED) is 0.885. The first kappa shape index (κ1) is 14.7. The molecule has 0 radical (unpaired) electrons. The van der Waals surface area contributed by atoms with Gasteiger partial charge in [-0.05, 0) is 13.8 Å². The lowest BCUT2D eigenvalue weighted by Gasteiger charge is -2.33. The van der Waals surface area contributed by atoms with Crippen molar-refractivity contribution in [3.8, 4) is 0 Å². The molecule has 2 rings (SSSR count). The second kappa shape index (κ2) is 6.65. The molecule has 6 heteroatoms. The molecule has 0 atom stereocenters. The van der Waals surface area contributed by atoms with E-state index in [0.29, 0.717) is 0 Å². The van der Waals surface area contributed by atoms with Crippen LogP contribution in [0.15, 0.2) is 6.07 Å². The van der Waals surface area contributed by atoms with Crippen LogP contribution in [0.3, 0.4) is 0 Å². The van der Waals surface area contributed by atoms with Gasteiger partial charge in [0.05, 0.1) is 6.54 Å². The molecule has 1 fully saturated rings. The number of rotatable bonds is 4. The maximum Gasteiger partial charge on any atom is 0.219 e. The van der Waals surface area contributed by atoms with Gasteiger partial charge in [0.1, 0.15) is 11.6 Å². The van der Waals surface area contributed by atoms with Crippen LogP contribution in [0.25, 0.3) is 0 Å². The van der Waals surface area contributed by atoms with Crippen LogP contribution in [0.4, 0.5) is 5.82 Å². The zero-order valence-electron chi connectivity index (χ0n) is 12.5. The first-order valence-corrected chi connectivity index (χ1v) is 7.14.